The summed E-state index contributed by atoms with van der Waals surface area (Å²) >= 11 is 0. The van der Waals surface area contributed by atoms with Crippen molar-refractivity contribution in [2.75, 3.05) is 0 Å². The maximum absolute atomic E-state index is 9.87. The summed E-state index contributed by atoms with van der Waals surface area (Å²) in [6, 6.07) is 41.7. The monoisotopic (exact) mass is 671 g/mol. The van der Waals surface area contributed by atoms with Crippen LogP contribution >= 0.6 is 0 Å². The van der Waals surface area contributed by atoms with Gasteiger partial charge in [-0.05, 0) is 106 Å². The Morgan fingerprint density at radius 2 is 1.58 bits per heavy atom. The van der Waals surface area contributed by atoms with E-state index in [-0.39, 0.29) is 17.3 Å². The van der Waals surface area contributed by atoms with Gasteiger partial charge in [0, 0.05) is 39.9 Å². The van der Waals surface area contributed by atoms with Crippen LogP contribution in [0.15, 0.2) is 157 Å². The van der Waals surface area contributed by atoms with Crippen LogP contribution in [-0.4, -0.2) is 10.3 Å². The number of benzene rings is 5. The molecule has 0 bridgehead atoms. The van der Waals surface area contributed by atoms with E-state index in [0.717, 1.165) is 33.8 Å². The smallest absolute Gasteiger partial charge is 0.0991 e. The van der Waals surface area contributed by atoms with Gasteiger partial charge in [0.2, 0.25) is 0 Å². The van der Waals surface area contributed by atoms with E-state index in [2.05, 4.69) is 172 Å². The van der Waals surface area contributed by atoms with E-state index in [4.69, 9.17) is 4.99 Å². The molecule has 2 heterocycles. The van der Waals surface area contributed by atoms with Crippen LogP contribution in [-0.2, 0) is 5.41 Å². The molecule has 252 valence electrons. The summed E-state index contributed by atoms with van der Waals surface area (Å²) in [6.45, 7) is 9.35. The molecule has 4 atom stereocenters. The summed E-state index contributed by atoms with van der Waals surface area (Å²) < 4.78 is 2.48. The lowest BCUT2D eigenvalue weighted by Gasteiger charge is -2.30. The number of rotatable bonds is 5. The molecule has 0 saturated carbocycles. The number of nitriles is 1. The SMILES string of the molecule is C/C=C\C1c2cc3c(cc2C(C)(C)C1C)c1ccccc1n3-c1cc(-c2cccc(C#N)c2)cc(C2C=C(c3ccccc3)N=C3C=CC=CC32)c1. The Kier molecular flexibility index (Phi) is 7.60. The first-order valence-electron chi connectivity index (χ1n) is 18.4. The van der Waals surface area contributed by atoms with E-state index in [1.807, 2.05) is 18.2 Å². The highest BCUT2D eigenvalue weighted by atomic mass is 15.0. The average molecular weight is 672 g/mol. The van der Waals surface area contributed by atoms with Crippen molar-refractivity contribution in [1.29, 1.82) is 5.26 Å². The first kappa shape index (κ1) is 32.0. The van der Waals surface area contributed by atoms with Crippen LogP contribution in [0.3, 0.4) is 0 Å². The Morgan fingerprint density at radius 3 is 2.40 bits per heavy atom. The predicted octanol–water partition coefficient (Wildman–Crippen LogP) is 12.2. The summed E-state index contributed by atoms with van der Waals surface area (Å²) in [5.74, 6) is 1.00. The van der Waals surface area contributed by atoms with Crippen LogP contribution < -0.4 is 0 Å². The van der Waals surface area contributed by atoms with E-state index in [1.54, 1.807) is 0 Å². The van der Waals surface area contributed by atoms with Crippen molar-refractivity contribution in [1.82, 2.24) is 4.57 Å². The molecule has 0 N–H and O–H groups in total. The molecule has 4 unspecified atom stereocenters. The van der Waals surface area contributed by atoms with Gasteiger partial charge in [0.25, 0.3) is 0 Å². The molecule has 0 radical (unpaired) electrons. The second-order valence-electron chi connectivity index (χ2n) is 15.1. The van der Waals surface area contributed by atoms with E-state index in [0.29, 0.717) is 17.4 Å². The minimum Gasteiger partial charge on any atom is -0.309 e. The van der Waals surface area contributed by atoms with Crippen LogP contribution in [0, 0.1) is 23.2 Å². The molecule has 0 spiro atoms. The van der Waals surface area contributed by atoms with Crippen molar-refractivity contribution in [3.05, 3.63) is 180 Å². The van der Waals surface area contributed by atoms with Crippen LogP contribution in [0.5, 0.6) is 0 Å². The van der Waals surface area contributed by atoms with Crippen molar-refractivity contribution in [3.8, 4) is 22.9 Å². The first-order valence-corrected chi connectivity index (χ1v) is 18.4. The molecule has 1 aromatic heterocycles. The Labute approximate surface area is 306 Å². The molecule has 2 aliphatic carbocycles. The molecule has 0 fully saturated rings. The quantitative estimate of drug-likeness (QED) is 0.168. The number of hydrogen-bond donors (Lipinski definition) is 0. The fraction of sp³-hybridized carbons (Fsp3) is 0.184. The zero-order valence-electron chi connectivity index (χ0n) is 30.1. The lowest BCUT2D eigenvalue weighted by Crippen LogP contribution is -2.23. The Hall–Kier alpha value is -5.98. The van der Waals surface area contributed by atoms with Crippen molar-refractivity contribution < 1.29 is 0 Å². The Morgan fingerprint density at radius 1 is 0.769 bits per heavy atom. The summed E-state index contributed by atoms with van der Waals surface area (Å²) in [7, 11) is 0. The van der Waals surface area contributed by atoms with Gasteiger partial charge in [-0.25, -0.2) is 0 Å². The number of allylic oxidation sites excluding steroid dienone is 7. The van der Waals surface area contributed by atoms with E-state index >= 15 is 0 Å². The van der Waals surface area contributed by atoms with Gasteiger partial charge < -0.3 is 4.57 Å². The van der Waals surface area contributed by atoms with Crippen LogP contribution in [0.4, 0.5) is 0 Å². The average Bonchev–Trinajstić information content (AvgIpc) is 3.61. The second-order valence-corrected chi connectivity index (χ2v) is 15.1. The van der Waals surface area contributed by atoms with Crippen molar-refractivity contribution in [2.24, 2.45) is 16.8 Å². The molecule has 0 saturated heterocycles. The van der Waals surface area contributed by atoms with Gasteiger partial charge in [0.05, 0.1) is 28.4 Å². The second kappa shape index (κ2) is 12.4. The van der Waals surface area contributed by atoms with Crippen LogP contribution in [0.1, 0.15) is 67.3 Å². The van der Waals surface area contributed by atoms with Gasteiger partial charge in [-0.3, -0.25) is 4.99 Å². The molecule has 1 aliphatic heterocycles. The molecule has 52 heavy (non-hydrogen) atoms. The Balaban J connectivity index is 1.33. The molecule has 6 aromatic rings. The molecule has 0 amide bonds. The third-order valence-electron chi connectivity index (χ3n) is 12.0. The summed E-state index contributed by atoms with van der Waals surface area (Å²) in [4.78, 5) is 5.17. The van der Waals surface area contributed by atoms with E-state index < -0.39 is 0 Å². The molecule has 3 heteroatoms. The normalized spacial score (nSPS) is 21.6. The van der Waals surface area contributed by atoms with Crippen LogP contribution in [0.2, 0.25) is 0 Å². The highest BCUT2D eigenvalue weighted by Crippen LogP contribution is 2.53. The first-order chi connectivity index (χ1) is 25.4. The molecule has 9 rings (SSSR count). The third-order valence-corrected chi connectivity index (χ3v) is 12.0. The largest absolute Gasteiger partial charge is 0.309 e. The van der Waals surface area contributed by atoms with Crippen molar-refractivity contribution >= 4 is 33.2 Å². The molecular weight excluding hydrogens is 631 g/mol. The topological polar surface area (TPSA) is 41.1 Å². The summed E-state index contributed by atoms with van der Waals surface area (Å²) in [5.41, 5.74) is 13.6. The van der Waals surface area contributed by atoms with Crippen LogP contribution in [0.25, 0.3) is 44.3 Å². The maximum Gasteiger partial charge on any atom is 0.0991 e. The van der Waals surface area contributed by atoms with Gasteiger partial charge in [0.1, 0.15) is 0 Å². The lowest BCUT2D eigenvalue weighted by atomic mass is 9.77. The van der Waals surface area contributed by atoms with Crippen molar-refractivity contribution in [2.45, 2.75) is 44.9 Å². The zero-order chi connectivity index (χ0) is 35.6. The number of hydrogen-bond acceptors (Lipinski definition) is 2. The minimum absolute atomic E-state index is 0.0554. The molecular formula is C49H41N3. The number of aliphatic imine (C=N–C) groups is 1. The number of nitrogens with zero attached hydrogens (tertiary/aromatic N) is 3. The van der Waals surface area contributed by atoms with Gasteiger partial charge in [0.15, 0.2) is 0 Å². The van der Waals surface area contributed by atoms with Gasteiger partial charge >= 0.3 is 0 Å². The molecule has 3 nitrogen and oxygen atoms in total. The molecule has 5 aromatic carbocycles. The highest BCUT2D eigenvalue weighted by molar-refractivity contribution is 6.10. The fourth-order valence-electron chi connectivity index (χ4n) is 8.96. The number of fused-ring (bicyclic) bond motifs is 5. The fourth-order valence-corrected chi connectivity index (χ4v) is 8.96. The van der Waals surface area contributed by atoms with E-state index in [9.17, 15) is 5.26 Å². The Bertz CT molecular complexity index is 2600. The highest BCUT2D eigenvalue weighted by Gasteiger charge is 2.43. The minimum atomic E-state index is 0.0554. The van der Waals surface area contributed by atoms with Gasteiger partial charge in [-0.2, -0.15) is 5.26 Å². The maximum atomic E-state index is 9.87. The molecule has 3 aliphatic rings. The number of para-hydroxylation sites is 1. The summed E-state index contributed by atoms with van der Waals surface area (Å²) in [5, 5.41) is 12.4. The number of aromatic nitrogens is 1. The van der Waals surface area contributed by atoms with Gasteiger partial charge in [-0.15, -0.1) is 0 Å². The zero-order valence-corrected chi connectivity index (χ0v) is 30.1. The van der Waals surface area contributed by atoms with E-state index in [1.165, 1.54) is 38.5 Å². The summed E-state index contributed by atoms with van der Waals surface area (Å²) in [6.07, 6.45) is 15.6. The van der Waals surface area contributed by atoms with Gasteiger partial charge in [-0.1, -0.05) is 118 Å². The third kappa shape index (κ3) is 5.05. The van der Waals surface area contributed by atoms with Crippen molar-refractivity contribution in [3.63, 3.8) is 0 Å². The standard InChI is InChI=1S/C49H41N3/c1-5-14-38-31(2)49(3,4)44-27-43-40-20-10-12-22-47(40)52(48(43)29-42(38)44)37-25-35(34-18-13-15-32(23-34)30-50)24-36(26-37)41-28-46(33-16-7-6-8-17-33)51-45-21-11-9-19-39(41)45/h5-29,31,38-39,41H,1-4H3/b14-5-. The lowest BCUT2D eigenvalue weighted by molar-refractivity contribution is 0.357. The predicted molar refractivity (Wildman–Crippen MR) is 217 cm³/mol.